The molecule has 6 nitrogen and oxygen atoms in total. The number of ether oxygens (including phenoxy) is 1. The van der Waals surface area contributed by atoms with Crippen LogP contribution < -0.4 is 14.4 Å². The minimum absolute atomic E-state index is 0.153. The molecule has 1 atom stereocenters. The first-order chi connectivity index (χ1) is 13.3. The summed E-state index contributed by atoms with van der Waals surface area (Å²) in [6.07, 6.45) is -3.87. The summed E-state index contributed by atoms with van der Waals surface area (Å²) in [5, 5.41) is 1.99. The maximum absolute atomic E-state index is 13.2. The Morgan fingerprint density at radius 2 is 1.76 bits per heavy atom. The number of carbonyl (C=O) groups is 1. The molecule has 0 fully saturated rings. The van der Waals surface area contributed by atoms with E-state index < -0.39 is 39.4 Å². The Hall–Kier alpha value is -2.46. The van der Waals surface area contributed by atoms with E-state index in [1.54, 1.807) is 0 Å². The van der Waals surface area contributed by atoms with E-state index in [1.165, 1.54) is 44.4 Å². The number of hydrogen-bond acceptors (Lipinski definition) is 4. The Balaban J connectivity index is 2.38. The van der Waals surface area contributed by atoms with Gasteiger partial charge in [-0.2, -0.15) is 13.2 Å². The Morgan fingerprint density at radius 1 is 1.17 bits per heavy atom. The smallest absolute Gasteiger partial charge is 0.418 e. The lowest BCUT2D eigenvalue weighted by atomic mass is 10.1. The Morgan fingerprint density at radius 3 is 2.24 bits per heavy atom. The van der Waals surface area contributed by atoms with Gasteiger partial charge in [0, 0.05) is 5.02 Å². The molecule has 0 aromatic heterocycles. The molecule has 2 aromatic rings. The van der Waals surface area contributed by atoms with Crippen LogP contribution in [0, 0.1) is 0 Å². The zero-order valence-electron chi connectivity index (χ0n) is 15.6. The number of alkyl halides is 3. The maximum Gasteiger partial charge on any atom is 0.418 e. The first kappa shape index (κ1) is 22.8. The molecule has 1 amide bonds. The van der Waals surface area contributed by atoms with Crippen LogP contribution in [0.25, 0.3) is 0 Å². The van der Waals surface area contributed by atoms with Crippen molar-refractivity contribution in [2.24, 2.45) is 0 Å². The minimum Gasteiger partial charge on any atom is -0.497 e. The number of nitrogens with one attached hydrogen (secondary N) is 1. The van der Waals surface area contributed by atoms with Crippen LogP contribution in [-0.2, 0) is 21.0 Å². The van der Waals surface area contributed by atoms with E-state index >= 15 is 0 Å². The molecule has 0 aliphatic heterocycles. The zero-order chi connectivity index (χ0) is 22.0. The van der Waals surface area contributed by atoms with E-state index in [-0.39, 0.29) is 10.7 Å². The van der Waals surface area contributed by atoms with E-state index in [4.69, 9.17) is 16.3 Å². The highest BCUT2D eigenvalue weighted by Gasteiger charge is 2.35. The maximum atomic E-state index is 13.2. The van der Waals surface area contributed by atoms with Crippen molar-refractivity contribution in [2.75, 3.05) is 23.0 Å². The summed E-state index contributed by atoms with van der Waals surface area (Å²) in [4.78, 5) is 12.6. The summed E-state index contributed by atoms with van der Waals surface area (Å²) in [7, 11) is -2.50. The highest BCUT2D eigenvalue weighted by molar-refractivity contribution is 7.92. The van der Waals surface area contributed by atoms with Crippen LogP contribution in [0.3, 0.4) is 0 Å². The SMILES string of the molecule is COc1ccc(N([C@@H](C)C(=O)Nc2ccc(Cl)cc2C(F)(F)F)S(C)(=O)=O)cc1. The Bertz CT molecular complexity index is 995. The highest BCUT2D eigenvalue weighted by atomic mass is 35.5. The molecule has 0 saturated carbocycles. The molecule has 0 aliphatic rings. The lowest BCUT2D eigenvalue weighted by molar-refractivity contribution is -0.137. The Kier molecular flexibility index (Phi) is 6.69. The largest absolute Gasteiger partial charge is 0.497 e. The topological polar surface area (TPSA) is 75.7 Å². The van der Waals surface area contributed by atoms with Crippen LogP contribution in [-0.4, -0.2) is 33.7 Å². The fourth-order valence-electron chi connectivity index (χ4n) is 2.64. The third-order valence-electron chi connectivity index (χ3n) is 3.96. The van der Waals surface area contributed by atoms with Crippen LogP contribution in [0.2, 0.25) is 5.02 Å². The second kappa shape index (κ2) is 8.50. The van der Waals surface area contributed by atoms with Crippen LogP contribution in [0.1, 0.15) is 12.5 Å². The predicted molar refractivity (Wildman–Crippen MR) is 105 cm³/mol. The molecular weight excluding hydrogens is 433 g/mol. The molecule has 11 heteroatoms. The average molecular weight is 451 g/mol. The molecule has 1 N–H and O–H groups in total. The van der Waals surface area contributed by atoms with Gasteiger partial charge in [0.25, 0.3) is 0 Å². The van der Waals surface area contributed by atoms with Gasteiger partial charge >= 0.3 is 6.18 Å². The zero-order valence-corrected chi connectivity index (χ0v) is 17.2. The normalized spacial score (nSPS) is 12.9. The van der Waals surface area contributed by atoms with Crippen LogP contribution in [0.4, 0.5) is 24.5 Å². The highest BCUT2D eigenvalue weighted by Crippen LogP contribution is 2.36. The number of carbonyl (C=O) groups excluding carboxylic acids is 1. The van der Waals surface area contributed by atoms with Gasteiger partial charge in [-0.3, -0.25) is 9.10 Å². The number of methoxy groups -OCH3 is 1. The van der Waals surface area contributed by atoms with E-state index in [1.807, 2.05) is 0 Å². The van der Waals surface area contributed by atoms with Crippen molar-refractivity contribution in [1.82, 2.24) is 0 Å². The van der Waals surface area contributed by atoms with E-state index in [2.05, 4.69) is 5.32 Å². The fraction of sp³-hybridized carbons (Fsp3) is 0.278. The summed E-state index contributed by atoms with van der Waals surface area (Å²) >= 11 is 5.63. The van der Waals surface area contributed by atoms with Gasteiger partial charge in [-0.25, -0.2) is 8.42 Å². The molecule has 0 bridgehead atoms. The second-order valence-electron chi connectivity index (χ2n) is 6.11. The van der Waals surface area contributed by atoms with Gasteiger partial charge in [0.2, 0.25) is 15.9 Å². The third kappa shape index (κ3) is 5.54. The van der Waals surface area contributed by atoms with Crippen LogP contribution in [0.15, 0.2) is 42.5 Å². The van der Waals surface area contributed by atoms with Gasteiger partial charge in [0.05, 0.1) is 30.3 Å². The number of hydrogen-bond donors (Lipinski definition) is 1. The lowest BCUT2D eigenvalue weighted by Crippen LogP contribution is -2.45. The first-order valence-corrected chi connectivity index (χ1v) is 10.4. The molecule has 0 radical (unpaired) electrons. The van der Waals surface area contributed by atoms with Gasteiger partial charge in [-0.15, -0.1) is 0 Å². The molecule has 0 unspecified atom stereocenters. The number of nitrogens with zero attached hydrogens (tertiary/aromatic N) is 1. The number of halogens is 4. The van der Waals surface area contributed by atoms with E-state index in [0.29, 0.717) is 11.8 Å². The van der Waals surface area contributed by atoms with Gasteiger partial charge in [0.15, 0.2) is 0 Å². The van der Waals surface area contributed by atoms with E-state index in [0.717, 1.165) is 16.6 Å². The first-order valence-electron chi connectivity index (χ1n) is 8.15. The van der Waals surface area contributed by atoms with E-state index in [9.17, 15) is 26.4 Å². The van der Waals surface area contributed by atoms with Crippen molar-refractivity contribution in [3.63, 3.8) is 0 Å². The molecule has 0 heterocycles. The van der Waals surface area contributed by atoms with Gasteiger partial charge in [-0.05, 0) is 49.4 Å². The third-order valence-corrected chi connectivity index (χ3v) is 5.44. The van der Waals surface area contributed by atoms with Crippen molar-refractivity contribution < 1.29 is 31.1 Å². The Labute approximate surface area is 171 Å². The number of benzene rings is 2. The molecule has 2 rings (SSSR count). The minimum atomic E-state index is -4.76. The van der Waals surface area contributed by atoms with Gasteiger partial charge in [-0.1, -0.05) is 11.6 Å². The standard InChI is InChI=1S/C18H18ClF3N2O4S/c1-11(24(29(3,26)27)13-5-7-14(28-2)8-6-13)17(25)23-16-9-4-12(19)10-15(16)18(20,21)22/h4-11H,1-3H3,(H,23,25)/t11-/m0/s1. The van der Waals surface area contributed by atoms with Gasteiger partial charge < -0.3 is 10.1 Å². The average Bonchev–Trinajstić information content (AvgIpc) is 2.61. The lowest BCUT2D eigenvalue weighted by Gasteiger charge is -2.28. The number of sulfonamides is 1. The summed E-state index contributed by atoms with van der Waals surface area (Å²) < 4.78 is 70.1. The van der Waals surface area contributed by atoms with Crippen molar-refractivity contribution in [3.8, 4) is 5.75 Å². The summed E-state index contributed by atoms with van der Waals surface area (Å²) in [5.74, 6) is -0.477. The van der Waals surface area contributed by atoms with Crippen molar-refractivity contribution in [2.45, 2.75) is 19.1 Å². The number of rotatable bonds is 6. The number of anilines is 2. The molecule has 0 saturated heterocycles. The molecule has 0 aliphatic carbocycles. The van der Waals surface area contributed by atoms with Crippen molar-refractivity contribution in [1.29, 1.82) is 0 Å². The predicted octanol–water partition coefficient (Wildman–Crippen LogP) is 4.16. The quantitative estimate of drug-likeness (QED) is 0.717. The molecule has 29 heavy (non-hydrogen) atoms. The van der Waals surface area contributed by atoms with Crippen molar-refractivity contribution in [3.05, 3.63) is 53.1 Å². The molecular formula is C18H18ClF3N2O4S. The fourth-order valence-corrected chi connectivity index (χ4v) is 3.98. The monoisotopic (exact) mass is 450 g/mol. The summed E-state index contributed by atoms with van der Waals surface area (Å²) in [5.41, 5.74) is -1.51. The van der Waals surface area contributed by atoms with Crippen LogP contribution in [0.5, 0.6) is 5.75 Å². The number of amides is 1. The van der Waals surface area contributed by atoms with Crippen molar-refractivity contribution >= 4 is 38.9 Å². The molecule has 158 valence electrons. The summed E-state index contributed by atoms with van der Waals surface area (Å²) in [6, 6.07) is 7.39. The van der Waals surface area contributed by atoms with Gasteiger partial charge in [0.1, 0.15) is 11.8 Å². The molecule has 0 spiro atoms. The molecule has 2 aromatic carbocycles. The summed E-state index contributed by atoms with van der Waals surface area (Å²) in [6.45, 7) is 1.27. The second-order valence-corrected chi connectivity index (χ2v) is 8.41. The van der Waals surface area contributed by atoms with Crippen LogP contribution >= 0.6 is 11.6 Å².